The van der Waals surface area contributed by atoms with Gasteiger partial charge in [-0.15, -0.1) is 0 Å². The summed E-state index contributed by atoms with van der Waals surface area (Å²) in [5.74, 6) is 0.906. The molecule has 0 aliphatic heterocycles. The molecule has 0 bridgehead atoms. The molecule has 0 radical (unpaired) electrons. The fraction of sp³-hybridized carbons (Fsp3) is 0.368. The fourth-order valence-corrected chi connectivity index (χ4v) is 2.81. The zero-order chi connectivity index (χ0) is 15.4. The van der Waals surface area contributed by atoms with Gasteiger partial charge < -0.3 is 10.5 Å². The van der Waals surface area contributed by atoms with Crippen LogP contribution in [0.1, 0.15) is 40.3 Å². The second kappa shape index (κ2) is 6.77. The van der Waals surface area contributed by atoms with E-state index in [1.165, 1.54) is 22.3 Å². The van der Waals surface area contributed by atoms with Gasteiger partial charge >= 0.3 is 0 Å². The van der Waals surface area contributed by atoms with Crippen molar-refractivity contribution in [1.29, 1.82) is 0 Å². The minimum atomic E-state index is 0.00172. The summed E-state index contributed by atoms with van der Waals surface area (Å²) in [6, 6.07) is 12.9. The number of rotatable bonds is 5. The highest BCUT2D eigenvalue weighted by Crippen LogP contribution is 2.31. The third-order valence-electron chi connectivity index (χ3n) is 3.95. The lowest BCUT2D eigenvalue weighted by Crippen LogP contribution is -2.14. The second-order valence-electron chi connectivity index (χ2n) is 5.83. The van der Waals surface area contributed by atoms with E-state index in [0.717, 1.165) is 24.2 Å². The summed E-state index contributed by atoms with van der Waals surface area (Å²) >= 11 is 0. The Morgan fingerprint density at radius 1 is 1.00 bits per heavy atom. The number of hydrogen-bond donors (Lipinski definition) is 1. The summed E-state index contributed by atoms with van der Waals surface area (Å²) in [5.41, 5.74) is 12.6. The van der Waals surface area contributed by atoms with E-state index in [4.69, 9.17) is 10.5 Å². The van der Waals surface area contributed by atoms with Gasteiger partial charge in [-0.05, 0) is 56.4 Å². The van der Waals surface area contributed by atoms with E-state index < -0.39 is 0 Å². The minimum Gasteiger partial charge on any atom is -0.496 e. The Kier molecular flexibility index (Phi) is 5.03. The first-order valence-corrected chi connectivity index (χ1v) is 7.47. The third-order valence-corrected chi connectivity index (χ3v) is 3.95. The smallest absolute Gasteiger partial charge is 0.124 e. The summed E-state index contributed by atoms with van der Waals surface area (Å²) in [4.78, 5) is 0. The number of ether oxygens (including phenoxy) is 1. The molecule has 0 aromatic heterocycles. The van der Waals surface area contributed by atoms with E-state index in [-0.39, 0.29) is 6.04 Å². The zero-order valence-electron chi connectivity index (χ0n) is 13.4. The normalized spacial score (nSPS) is 12.2. The molecule has 0 heterocycles. The van der Waals surface area contributed by atoms with Crippen molar-refractivity contribution in [3.8, 4) is 5.75 Å². The minimum absolute atomic E-state index is 0.00172. The molecule has 0 aliphatic carbocycles. The van der Waals surface area contributed by atoms with Crippen LogP contribution in [0.3, 0.4) is 0 Å². The lowest BCUT2D eigenvalue weighted by Gasteiger charge is -2.19. The highest BCUT2D eigenvalue weighted by molar-refractivity contribution is 5.45. The molecule has 0 amide bonds. The van der Waals surface area contributed by atoms with Crippen molar-refractivity contribution in [3.63, 3.8) is 0 Å². The first-order chi connectivity index (χ1) is 10.0. The number of methoxy groups -OCH3 is 1. The van der Waals surface area contributed by atoms with Crippen LogP contribution in [-0.2, 0) is 6.42 Å². The predicted molar refractivity (Wildman–Crippen MR) is 88.9 cm³/mol. The molecule has 2 nitrogen and oxygen atoms in total. The van der Waals surface area contributed by atoms with Crippen LogP contribution in [0, 0.1) is 20.8 Å². The van der Waals surface area contributed by atoms with Gasteiger partial charge in [0.15, 0.2) is 0 Å². The first-order valence-electron chi connectivity index (χ1n) is 7.47. The molecule has 0 spiro atoms. The molecule has 0 saturated heterocycles. The average molecular weight is 283 g/mol. The van der Waals surface area contributed by atoms with E-state index in [2.05, 4.69) is 57.2 Å². The maximum atomic E-state index is 6.42. The van der Waals surface area contributed by atoms with Crippen molar-refractivity contribution in [2.75, 3.05) is 7.11 Å². The summed E-state index contributed by atoms with van der Waals surface area (Å²) < 4.78 is 5.52. The van der Waals surface area contributed by atoms with Crippen molar-refractivity contribution in [1.82, 2.24) is 0 Å². The largest absolute Gasteiger partial charge is 0.496 e. The van der Waals surface area contributed by atoms with Crippen LogP contribution in [0.25, 0.3) is 0 Å². The molecule has 2 N–H and O–H groups in total. The molecule has 2 heteroatoms. The maximum Gasteiger partial charge on any atom is 0.124 e. The standard InChI is InChI=1S/C19H25NO/c1-13-5-7-16(8-6-13)9-10-17(20)19-15(3)11-14(2)12-18(19)21-4/h5-8,11-12,17H,9-10,20H2,1-4H3. The molecule has 21 heavy (non-hydrogen) atoms. The lowest BCUT2D eigenvalue weighted by molar-refractivity contribution is 0.403. The van der Waals surface area contributed by atoms with Crippen LogP contribution in [-0.4, -0.2) is 7.11 Å². The molecule has 1 unspecified atom stereocenters. The topological polar surface area (TPSA) is 35.2 Å². The molecule has 2 aromatic rings. The number of benzene rings is 2. The third kappa shape index (κ3) is 3.85. The van der Waals surface area contributed by atoms with E-state index in [1.54, 1.807) is 7.11 Å². The van der Waals surface area contributed by atoms with Gasteiger partial charge in [-0.1, -0.05) is 35.9 Å². The Labute approximate surface area is 127 Å². The Morgan fingerprint density at radius 2 is 1.67 bits per heavy atom. The van der Waals surface area contributed by atoms with Gasteiger partial charge in [0.25, 0.3) is 0 Å². The quantitative estimate of drug-likeness (QED) is 0.890. The monoisotopic (exact) mass is 283 g/mol. The van der Waals surface area contributed by atoms with Crippen molar-refractivity contribution < 1.29 is 4.74 Å². The van der Waals surface area contributed by atoms with Crippen molar-refractivity contribution in [2.24, 2.45) is 5.73 Å². The van der Waals surface area contributed by atoms with Gasteiger partial charge in [-0.2, -0.15) is 0 Å². The first kappa shape index (κ1) is 15.6. The van der Waals surface area contributed by atoms with Gasteiger partial charge in [0.1, 0.15) is 5.75 Å². The number of aryl methyl sites for hydroxylation is 4. The molecule has 0 saturated carbocycles. The summed E-state index contributed by atoms with van der Waals surface area (Å²) in [7, 11) is 1.71. The van der Waals surface area contributed by atoms with E-state index in [9.17, 15) is 0 Å². The molecular formula is C19H25NO. The summed E-state index contributed by atoms with van der Waals surface area (Å²) in [6.07, 6.45) is 1.90. The van der Waals surface area contributed by atoms with Crippen LogP contribution >= 0.6 is 0 Å². The van der Waals surface area contributed by atoms with Crippen LogP contribution < -0.4 is 10.5 Å². The SMILES string of the molecule is COc1cc(C)cc(C)c1C(N)CCc1ccc(C)cc1. The van der Waals surface area contributed by atoms with Crippen LogP contribution in [0.5, 0.6) is 5.75 Å². The Hall–Kier alpha value is -1.80. The predicted octanol–water partition coefficient (Wildman–Crippen LogP) is 4.25. The van der Waals surface area contributed by atoms with E-state index >= 15 is 0 Å². The molecule has 2 rings (SSSR count). The van der Waals surface area contributed by atoms with Gasteiger partial charge in [-0.3, -0.25) is 0 Å². The van der Waals surface area contributed by atoms with Gasteiger partial charge in [-0.25, -0.2) is 0 Å². The summed E-state index contributed by atoms with van der Waals surface area (Å²) in [6.45, 7) is 6.30. The fourth-order valence-electron chi connectivity index (χ4n) is 2.81. The van der Waals surface area contributed by atoms with E-state index in [1.807, 2.05) is 0 Å². The van der Waals surface area contributed by atoms with Crippen LogP contribution in [0.15, 0.2) is 36.4 Å². The Bertz CT molecular complexity index is 602. The van der Waals surface area contributed by atoms with Crippen molar-refractivity contribution >= 4 is 0 Å². The average Bonchev–Trinajstić information content (AvgIpc) is 2.45. The van der Waals surface area contributed by atoms with Crippen molar-refractivity contribution in [3.05, 3.63) is 64.2 Å². The highest BCUT2D eigenvalue weighted by Gasteiger charge is 2.15. The Morgan fingerprint density at radius 3 is 2.29 bits per heavy atom. The van der Waals surface area contributed by atoms with Gasteiger partial charge in [0.05, 0.1) is 7.11 Å². The highest BCUT2D eigenvalue weighted by atomic mass is 16.5. The van der Waals surface area contributed by atoms with Gasteiger partial charge in [0, 0.05) is 11.6 Å². The number of nitrogens with two attached hydrogens (primary N) is 1. The second-order valence-corrected chi connectivity index (χ2v) is 5.83. The molecule has 0 fully saturated rings. The van der Waals surface area contributed by atoms with Gasteiger partial charge in [0.2, 0.25) is 0 Å². The lowest BCUT2D eigenvalue weighted by atomic mass is 9.94. The molecule has 112 valence electrons. The maximum absolute atomic E-state index is 6.42. The summed E-state index contributed by atoms with van der Waals surface area (Å²) in [5, 5.41) is 0. The zero-order valence-corrected chi connectivity index (χ0v) is 13.4. The number of hydrogen-bond acceptors (Lipinski definition) is 2. The van der Waals surface area contributed by atoms with Crippen LogP contribution in [0.4, 0.5) is 0 Å². The Balaban J connectivity index is 2.13. The van der Waals surface area contributed by atoms with Crippen LogP contribution in [0.2, 0.25) is 0 Å². The van der Waals surface area contributed by atoms with Crippen molar-refractivity contribution in [2.45, 2.75) is 39.7 Å². The molecular weight excluding hydrogens is 258 g/mol. The molecule has 0 aliphatic rings. The molecule has 1 atom stereocenters. The molecule has 2 aromatic carbocycles. The van der Waals surface area contributed by atoms with E-state index in [0.29, 0.717) is 0 Å².